The topological polar surface area (TPSA) is 41.6 Å². The average Bonchev–Trinajstić information content (AvgIpc) is 3.11. The zero-order valence-corrected chi connectivity index (χ0v) is 15.7. The fourth-order valence-corrected chi connectivity index (χ4v) is 3.95. The van der Waals surface area contributed by atoms with Gasteiger partial charge in [0.1, 0.15) is 0 Å². The van der Waals surface area contributed by atoms with E-state index in [0.717, 1.165) is 58.3 Å². The Bertz CT molecular complexity index is 546. The Morgan fingerprint density at radius 1 is 1.32 bits per heavy atom. The van der Waals surface area contributed by atoms with Gasteiger partial charge in [0.15, 0.2) is 0 Å². The second kappa shape index (κ2) is 8.33. The highest BCUT2D eigenvalue weighted by molar-refractivity contribution is 5.82. The van der Waals surface area contributed by atoms with Crippen molar-refractivity contribution in [2.24, 2.45) is 5.41 Å². The quantitative estimate of drug-likeness (QED) is 0.860. The SMILES string of the molecule is C[C@H](C[C@H]1CCCO1)NC(=O)C1(C)CCN(Cc2ccccc2)CC1. The van der Waals surface area contributed by atoms with Crippen LogP contribution in [0.15, 0.2) is 30.3 Å². The Kier molecular flexibility index (Phi) is 6.13. The molecule has 4 nitrogen and oxygen atoms in total. The van der Waals surface area contributed by atoms with Crippen LogP contribution in [-0.2, 0) is 16.1 Å². The van der Waals surface area contributed by atoms with E-state index in [4.69, 9.17) is 4.74 Å². The standard InChI is InChI=1S/C21H32N2O2/c1-17(15-19-9-6-14-25-19)22-20(24)21(2)10-12-23(13-11-21)16-18-7-4-3-5-8-18/h3-5,7-8,17,19H,6,9-16H2,1-2H3,(H,22,24)/t17-,19-/m1/s1. The summed E-state index contributed by atoms with van der Waals surface area (Å²) < 4.78 is 5.69. The third-order valence-corrected chi connectivity index (χ3v) is 5.77. The predicted molar refractivity (Wildman–Crippen MR) is 100 cm³/mol. The molecule has 3 rings (SSSR count). The zero-order valence-electron chi connectivity index (χ0n) is 15.7. The maximum atomic E-state index is 12.8. The summed E-state index contributed by atoms with van der Waals surface area (Å²) in [6.07, 6.45) is 5.40. The van der Waals surface area contributed by atoms with Crippen molar-refractivity contribution in [1.82, 2.24) is 10.2 Å². The largest absolute Gasteiger partial charge is 0.378 e. The summed E-state index contributed by atoms with van der Waals surface area (Å²) in [4.78, 5) is 15.3. The molecule has 0 radical (unpaired) electrons. The molecule has 2 aliphatic heterocycles. The average molecular weight is 344 g/mol. The molecule has 2 heterocycles. The van der Waals surface area contributed by atoms with E-state index in [2.05, 4.69) is 54.4 Å². The van der Waals surface area contributed by atoms with Crippen molar-refractivity contribution < 1.29 is 9.53 Å². The highest BCUT2D eigenvalue weighted by Gasteiger charge is 2.37. The summed E-state index contributed by atoms with van der Waals surface area (Å²) >= 11 is 0. The maximum absolute atomic E-state index is 12.8. The highest BCUT2D eigenvalue weighted by Crippen LogP contribution is 2.32. The summed E-state index contributed by atoms with van der Waals surface area (Å²) in [5.74, 6) is 0.220. The second-order valence-electron chi connectivity index (χ2n) is 8.07. The number of carbonyl (C=O) groups is 1. The molecule has 2 atom stereocenters. The molecule has 1 amide bonds. The van der Waals surface area contributed by atoms with Crippen LogP contribution in [-0.4, -0.2) is 42.6 Å². The summed E-state index contributed by atoms with van der Waals surface area (Å²) in [7, 11) is 0. The van der Waals surface area contributed by atoms with Gasteiger partial charge in [-0.3, -0.25) is 9.69 Å². The summed E-state index contributed by atoms with van der Waals surface area (Å²) in [6.45, 7) is 8.06. The van der Waals surface area contributed by atoms with Gasteiger partial charge in [0.05, 0.1) is 6.10 Å². The van der Waals surface area contributed by atoms with E-state index in [-0.39, 0.29) is 17.4 Å². The third-order valence-electron chi connectivity index (χ3n) is 5.77. The number of likely N-dealkylation sites (tertiary alicyclic amines) is 1. The van der Waals surface area contributed by atoms with Crippen LogP contribution in [0.1, 0.15) is 51.5 Å². The monoisotopic (exact) mass is 344 g/mol. The van der Waals surface area contributed by atoms with Gasteiger partial charge >= 0.3 is 0 Å². The first-order valence-corrected chi connectivity index (χ1v) is 9.74. The van der Waals surface area contributed by atoms with Crippen molar-refractivity contribution in [2.45, 2.75) is 64.6 Å². The lowest BCUT2D eigenvalue weighted by Gasteiger charge is -2.39. The van der Waals surface area contributed by atoms with E-state index in [9.17, 15) is 4.79 Å². The number of ether oxygens (including phenoxy) is 1. The number of rotatable bonds is 6. The van der Waals surface area contributed by atoms with Crippen molar-refractivity contribution in [1.29, 1.82) is 0 Å². The van der Waals surface area contributed by atoms with Crippen LogP contribution in [0.4, 0.5) is 0 Å². The van der Waals surface area contributed by atoms with Gasteiger partial charge in [-0.25, -0.2) is 0 Å². The van der Waals surface area contributed by atoms with E-state index >= 15 is 0 Å². The number of nitrogens with one attached hydrogen (secondary N) is 1. The van der Waals surface area contributed by atoms with Crippen molar-refractivity contribution >= 4 is 5.91 Å². The number of amides is 1. The first kappa shape index (κ1) is 18.4. The van der Waals surface area contributed by atoms with Crippen LogP contribution in [0.25, 0.3) is 0 Å². The summed E-state index contributed by atoms with van der Waals surface area (Å²) in [5, 5.41) is 3.24. The minimum atomic E-state index is -0.238. The Labute approximate surface area is 151 Å². The molecule has 138 valence electrons. The third kappa shape index (κ3) is 5.05. The van der Waals surface area contributed by atoms with Crippen LogP contribution >= 0.6 is 0 Å². The molecule has 2 fully saturated rings. The molecule has 25 heavy (non-hydrogen) atoms. The van der Waals surface area contributed by atoms with E-state index in [1.807, 2.05) is 0 Å². The number of hydrogen-bond acceptors (Lipinski definition) is 3. The van der Waals surface area contributed by atoms with Crippen molar-refractivity contribution in [3.63, 3.8) is 0 Å². The molecule has 0 bridgehead atoms. The molecular weight excluding hydrogens is 312 g/mol. The second-order valence-corrected chi connectivity index (χ2v) is 8.07. The van der Waals surface area contributed by atoms with Gasteiger partial charge in [-0.2, -0.15) is 0 Å². The summed E-state index contributed by atoms with van der Waals surface area (Å²) in [5.41, 5.74) is 1.11. The molecule has 1 aromatic rings. The highest BCUT2D eigenvalue weighted by atomic mass is 16.5. The van der Waals surface area contributed by atoms with Gasteiger partial charge in [0, 0.05) is 24.6 Å². The Morgan fingerprint density at radius 2 is 2.04 bits per heavy atom. The lowest BCUT2D eigenvalue weighted by Crippen LogP contribution is -2.49. The Balaban J connectivity index is 1.45. The fraction of sp³-hybridized carbons (Fsp3) is 0.667. The maximum Gasteiger partial charge on any atom is 0.226 e. The van der Waals surface area contributed by atoms with Gasteiger partial charge in [-0.15, -0.1) is 0 Å². The minimum absolute atomic E-state index is 0.190. The van der Waals surface area contributed by atoms with E-state index in [1.165, 1.54) is 5.56 Å². The normalized spacial score (nSPS) is 24.8. The predicted octanol–water partition coefficient (Wildman–Crippen LogP) is 3.36. The van der Waals surface area contributed by atoms with Crippen LogP contribution < -0.4 is 5.32 Å². The molecule has 0 spiro atoms. The minimum Gasteiger partial charge on any atom is -0.378 e. The van der Waals surface area contributed by atoms with E-state index in [0.29, 0.717) is 6.10 Å². The molecule has 4 heteroatoms. The van der Waals surface area contributed by atoms with Crippen LogP contribution in [0.5, 0.6) is 0 Å². The number of carbonyl (C=O) groups excluding carboxylic acids is 1. The van der Waals surface area contributed by atoms with E-state index in [1.54, 1.807) is 0 Å². The smallest absolute Gasteiger partial charge is 0.226 e. The number of nitrogens with zero attached hydrogens (tertiary/aromatic N) is 1. The lowest BCUT2D eigenvalue weighted by atomic mass is 9.79. The lowest BCUT2D eigenvalue weighted by molar-refractivity contribution is -0.133. The molecule has 0 aliphatic carbocycles. The summed E-state index contributed by atoms with van der Waals surface area (Å²) in [6, 6.07) is 10.8. The van der Waals surface area contributed by atoms with Gasteiger partial charge in [0.25, 0.3) is 0 Å². The van der Waals surface area contributed by atoms with Crippen molar-refractivity contribution in [3.8, 4) is 0 Å². The fourth-order valence-electron chi connectivity index (χ4n) is 3.95. The van der Waals surface area contributed by atoms with Gasteiger partial charge in [0.2, 0.25) is 5.91 Å². The van der Waals surface area contributed by atoms with Crippen molar-refractivity contribution in [3.05, 3.63) is 35.9 Å². The van der Waals surface area contributed by atoms with E-state index < -0.39 is 0 Å². The molecular formula is C21H32N2O2. The van der Waals surface area contributed by atoms with Crippen LogP contribution in [0.2, 0.25) is 0 Å². The molecule has 2 saturated heterocycles. The molecule has 1 N–H and O–H groups in total. The number of piperidine rings is 1. The Hall–Kier alpha value is -1.39. The van der Waals surface area contributed by atoms with Crippen LogP contribution in [0.3, 0.4) is 0 Å². The first-order chi connectivity index (χ1) is 12.0. The number of hydrogen-bond donors (Lipinski definition) is 1. The van der Waals surface area contributed by atoms with Gasteiger partial charge in [-0.1, -0.05) is 37.3 Å². The van der Waals surface area contributed by atoms with Gasteiger partial charge in [-0.05, 0) is 57.7 Å². The molecule has 0 aromatic heterocycles. The molecule has 0 saturated carbocycles. The Morgan fingerprint density at radius 3 is 2.68 bits per heavy atom. The molecule has 1 aromatic carbocycles. The van der Waals surface area contributed by atoms with Crippen LogP contribution in [0, 0.1) is 5.41 Å². The zero-order chi connectivity index (χ0) is 17.7. The number of benzene rings is 1. The molecule has 2 aliphatic rings. The first-order valence-electron chi connectivity index (χ1n) is 9.74. The van der Waals surface area contributed by atoms with Gasteiger partial charge < -0.3 is 10.1 Å². The van der Waals surface area contributed by atoms with Crippen molar-refractivity contribution in [2.75, 3.05) is 19.7 Å². The molecule has 0 unspecified atom stereocenters.